The lowest BCUT2D eigenvalue weighted by molar-refractivity contribution is 0.477. The van der Waals surface area contributed by atoms with Crippen LogP contribution in [0.25, 0.3) is 0 Å². The zero-order valence-corrected chi connectivity index (χ0v) is 7.11. The molecule has 0 rings (SSSR count). The zero-order chi connectivity index (χ0) is 6.57. The van der Waals surface area contributed by atoms with Crippen molar-refractivity contribution in [1.29, 1.82) is 0 Å². The van der Waals surface area contributed by atoms with E-state index < -0.39 is 0 Å². The summed E-state index contributed by atoms with van der Waals surface area (Å²) in [4.78, 5) is 0. The topological polar surface area (TPSA) is 26.0 Å². The maximum absolute atomic E-state index is 5.68. The van der Waals surface area contributed by atoms with Gasteiger partial charge in [-0.3, -0.25) is 0 Å². The average molecular weight is 180 g/mol. The molecule has 0 aromatic carbocycles. The van der Waals surface area contributed by atoms with Gasteiger partial charge in [0.15, 0.2) is 0 Å². The Labute approximate surface area is 59.8 Å². The zero-order valence-electron chi connectivity index (χ0n) is 5.52. The van der Waals surface area contributed by atoms with Gasteiger partial charge in [0.1, 0.15) is 0 Å². The van der Waals surface area contributed by atoms with Gasteiger partial charge in [0.2, 0.25) is 0 Å². The van der Waals surface area contributed by atoms with E-state index in [1.165, 1.54) is 6.42 Å². The summed E-state index contributed by atoms with van der Waals surface area (Å²) >= 11 is 3.33. The van der Waals surface area contributed by atoms with Crippen LogP contribution in [0.4, 0.5) is 0 Å². The molecular formula is C6H14BrN. The minimum absolute atomic E-state index is 0.333. The lowest BCUT2D eigenvalue weighted by atomic mass is 10.0. The van der Waals surface area contributed by atoms with Crippen LogP contribution >= 0.6 is 15.9 Å². The summed E-state index contributed by atoms with van der Waals surface area (Å²) in [5, 5.41) is 0.919. The molecule has 0 spiro atoms. The summed E-state index contributed by atoms with van der Waals surface area (Å²) < 4.78 is 0. The minimum Gasteiger partial charge on any atom is -0.327 e. The van der Waals surface area contributed by atoms with Crippen molar-refractivity contribution in [3.63, 3.8) is 0 Å². The van der Waals surface area contributed by atoms with Crippen LogP contribution in [-0.4, -0.2) is 11.4 Å². The van der Waals surface area contributed by atoms with Gasteiger partial charge < -0.3 is 5.73 Å². The number of hydrogen-bond acceptors (Lipinski definition) is 1. The smallest absolute Gasteiger partial charge is 0.0186 e. The molecular weight excluding hydrogens is 166 g/mol. The molecule has 0 aliphatic rings. The molecule has 2 heteroatoms. The van der Waals surface area contributed by atoms with Crippen LogP contribution in [0.5, 0.6) is 0 Å². The molecule has 0 aromatic heterocycles. The Balaban J connectivity index is 3.29. The molecule has 2 atom stereocenters. The number of nitrogens with two attached hydrogens (primary N) is 1. The van der Waals surface area contributed by atoms with Crippen LogP contribution in [0.1, 0.15) is 20.3 Å². The molecule has 0 aliphatic heterocycles. The van der Waals surface area contributed by atoms with E-state index in [0.29, 0.717) is 12.0 Å². The first-order valence-corrected chi connectivity index (χ1v) is 4.16. The van der Waals surface area contributed by atoms with Crippen molar-refractivity contribution >= 4 is 15.9 Å². The van der Waals surface area contributed by atoms with Crippen LogP contribution < -0.4 is 5.73 Å². The van der Waals surface area contributed by atoms with E-state index in [0.717, 1.165) is 5.33 Å². The molecule has 50 valence electrons. The molecule has 0 saturated heterocycles. The van der Waals surface area contributed by atoms with Crippen LogP contribution in [0.3, 0.4) is 0 Å². The van der Waals surface area contributed by atoms with Crippen molar-refractivity contribution in [2.24, 2.45) is 11.7 Å². The second kappa shape index (κ2) is 4.33. The van der Waals surface area contributed by atoms with Crippen LogP contribution in [0, 0.1) is 5.92 Å². The standard InChI is InChI=1S/C6H14BrN/c1-3-5(2)6(8)4-7/h5-6H,3-4,8H2,1-2H3/t5-,6+/m0/s1. The highest BCUT2D eigenvalue weighted by Crippen LogP contribution is 2.06. The normalized spacial score (nSPS) is 18.0. The molecule has 2 N–H and O–H groups in total. The fourth-order valence-corrected chi connectivity index (χ4v) is 1.09. The fourth-order valence-electron chi connectivity index (χ4n) is 0.455. The van der Waals surface area contributed by atoms with Gasteiger partial charge in [-0.25, -0.2) is 0 Å². The first kappa shape index (κ1) is 8.44. The van der Waals surface area contributed by atoms with E-state index in [1.54, 1.807) is 0 Å². The van der Waals surface area contributed by atoms with Crippen molar-refractivity contribution in [2.45, 2.75) is 26.3 Å². The molecule has 0 unspecified atom stereocenters. The summed E-state index contributed by atoms with van der Waals surface area (Å²) in [6.07, 6.45) is 1.17. The lowest BCUT2D eigenvalue weighted by Crippen LogP contribution is -2.29. The summed E-state index contributed by atoms with van der Waals surface area (Å²) in [6, 6.07) is 0.333. The molecule has 0 heterocycles. The first-order valence-electron chi connectivity index (χ1n) is 3.03. The number of halogens is 1. The largest absolute Gasteiger partial charge is 0.327 e. The highest BCUT2D eigenvalue weighted by molar-refractivity contribution is 9.09. The summed E-state index contributed by atoms with van der Waals surface area (Å²) in [5.41, 5.74) is 5.68. The van der Waals surface area contributed by atoms with Crippen molar-refractivity contribution in [1.82, 2.24) is 0 Å². The predicted octanol–water partition coefficient (Wildman–Crippen LogP) is 1.75. The van der Waals surface area contributed by atoms with E-state index >= 15 is 0 Å². The predicted molar refractivity (Wildman–Crippen MR) is 41.2 cm³/mol. The van der Waals surface area contributed by atoms with E-state index in [9.17, 15) is 0 Å². The highest BCUT2D eigenvalue weighted by Gasteiger charge is 2.06. The third kappa shape index (κ3) is 2.68. The second-order valence-corrected chi connectivity index (χ2v) is 2.85. The summed E-state index contributed by atoms with van der Waals surface area (Å²) in [5.74, 6) is 0.648. The Kier molecular flexibility index (Phi) is 4.57. The van der Waals surface area contributed by atoms with Gasteiger partial charge in [0.25, 0.3) is 0 Å². The fraction of sp³-hybridized carbons (Fsp3) is 1.00. The highest BCUT2D eigenvalue weighted by atomic mass is 79.9. The number of hydrogen-bond donors (Lipinski definition) is 1. The maximum Gasteiger partial charge on any atom is 0.0186 e. The van der Waals surface area contributed by atoms with Gasteiger partial charge in [-0.15, -0.1) is 0 Å². The molecule has 0 radical (unpaired) electrons. The van der Waals surface area contributed by atoms with E-state index in [1.807, 2.05) is 0 Å². The third-order valence-electron chi connectivity index (χ3n) is 1.55. The SMILES string of the molecule is CC[C@H](C)[C@H](N)CBr. The molecule has 0 bridgehead atoms. The van der Waals surface area contributed by atoms with Crippen molar-refractivity contribution < 1.29 is 0 Å². The van der Waals surface area contributed by atoms with Gasteiger partial charge in [-0.05, 0) is 5.92 Å². The van der Waals surface area contributed by atoms with E-state index in [4.69, 9.17) is 5.73 Å². The van der Waals surface area contributed by atoms with E-state index in [2.05, 4.69) is 29.8 Å². The number of alkyl halides is 1. The monoisotopic (exact) mass is 179 g/mol. The quantitative estimate of drug-likeness (QED) is 0.658. The molecule has 0 aliphatic carbocycles. The van der Waals surface area contributed by atoms with Crippen molar-refractivity contribution in [2.75, 3.05) is 5.33 Å². The van der Waals surface area contributed by atoms with Crippen LogP contribution in [-0.2, 0) is 0 Å². The summed E-state index contributed by atoms with van der Waals surface area (Å²) in [6.45, 7) is 4.33. The third-order valence-corrected chi connectivity index (χ3v) is 2.30. The van der Waals surface area contributed by atoms with Gasteiger partial charge >= 0.3 is 0 Å². The first-order chi connectivity index (χ1) is 3.72. The summed E-state index contributed by atoms with van der Waals surface area (Å²) in [7, 11) is 0. The van der Waals surface area contributed by atoms with Gasteiger partial charge in [-0.2, -0.15) is 0 Å². The molecule has 0 saturated carbocycles. The van der Waals surface area contributed by atoms with Crippen molar-refractivity contribution in [3.05, 3.63) is 0 Å². The minimum atomic E-state index is 0.333. The Hall–Kier alpha value is 0.440. The Morgan fingerprint density at radius 2 is 2.12 bits per heavy atom. The second-order valence-electron chi connectivity index (χ2n) is 2.20. The molecule has 0 aromatic rings. The van der Waals surface area contributed by atoms with Crippen molar-refractivity contribution in [3.8, 4) is 0 Å². The molecule has 8 heavy (non-hydrogen) atoms. The van der Waals surface area contributed by atoms with Crippen LogP contribution in [0.2, 0.25) is 0 Å². The van der Waals surface area contributed by atoms with Gasteiger partial charge in [-0.1, -0.05) is 36.2 Å². The maximum atomic E-state index is 5.68. The Morgan fingerprint density at radius 1 is 1.62 bits per heavy atom. The van der Waals surface area contributed by atoms with Gasteiger partial charge in [0.05, 0.1) is 0 Å². The lowest BCUT2D eigenvalue weighted by Gasteiger charge is -2.13. The Bertz CT molecular complexity index is 48.5. The Morgan fingerprint density at radius 3 is 2.25 bits per heavy atom. The van der Waals surface area contributed by atoms with Gasteiger partial charge in [0, 0.05) is 11.4 Å². The molecule has 0 amide bonds. The molecule has 0 fully saturated rings. The van der Waals surface area contributed by atoms with E-state index in [-0.39, 0.29) is 0 Å². The average Bonchev–Trinajstić information content (AvgIpc) is 1.84. The number of rotatable bonds is 3. The van der Waals surface area contributed by atoms with Crippen LogP contribution in [0.15, 0.2) is 0 Å². The molecule has 1 nitrogen and oxygen atoms in total.